The minimum Gasteiger partial charge on any atom is -0.494 e. The van der Waals surface area contributed by atoms with Gasteiger partial charge in [-0.2, -0.15) is 0 Å². The van der Waals surface area contributed by atoms with Crippen LogP contribution in [0.3, 0.4) is 0 Å². The fourth-order valence-electron chi connectivity index (χ4n) is 2.44. The van der Waals surface area contributed by atoms with E-state index in [0.717, 1.165) is 45.0 Å². The van der Waals surface area contributed by atoms with Gasteiger partial charge in [-0.25, -0.2) is 0 Å². The summed E-state index contributed by atoms with van der Waals surface area (Å²) in [5.41, 5.74) is 7.27. The summed E-state index contributed by atoms with van der Waals surface area (Å²) in [5, 5.41) is 0. The quantitative estimate of drug-likeness (QED) is 0.671. The van der Waals surface area contributed by atoms with Crippen LogP contribution in [0.4, 0.5) is 0 Å². The molecule has 0 radical (unpaired) electrons. The van der Waals surface area contributed by atoms with E-state index in [4.69, 9.17) is 10.5 Å². The smallest absolute Gasteiger partial charge is 0.119 e. The number of nitrogens with two attached hydrogens (primary N) is 1. The van der Waals surface area contributed by atoms with Crippen molar-refractivity contribution in [2.45, 2.75) is 40.5 Å². The average molecular weight is 292 g/mol. The summed E-state index contributed by atoms with van der Waals surface area (Å²) in [6, 6.07) is 8.23. The summed E-state index contributed by atoms with van der Waals surface area (Å²) in [4.78, 5) is 2.51. The maximum absolute atomic E-state index is 5.84. The summed E-state index contributed by atoms with van der Waals surface area (Å²) in [7, 11) is 0. The van der Waals surface area contributed by atoms with Crippen molar-refractivity contribution < 1.29 is 4.74 Å². The first-order chi connectivity index (χ1) is 9.96. The molecule has 120 valence electrons. The molecule has 0 amide bonds. The highest BCUT2D eigenvalue weighted by Gasteiger charge is 2.19. The zero-order valence-electron chi connectivity index (χ0n) is 14.2. The molecule has 2 N–H and O–H groups in total. The lowest BCUT2D eigenvalue weighted by molar-refractivity contribution is 0.170. The fraction of sp³-hybridized carbons (Fsp3) is 0.667. The number of hydrogen-bond acceptors (Lipinski definition) is 3. The van der Waals surface area contributed by atoms with Gasteiger partial charge in [0.2, 0.25) is 0 Å². The third kappa shape index (κ3) is 7.49. The normalized spacial score (nSPS) is 11.9. The predicted molar refractivity (Wildman–Crippen MR) is 90.9 cm³/mol. The number of hydrogen-bond donors (Lipinski definition) is 1. The third-order valence-electron chi connectivity index (χ3n) is 3.62. The Morgan fingerprint density at radius 1 is 1.24 bits per heavy atom. The molecule has 0 atom stereocenters. The SMILES string of the molecule is CCCN(CCCOc1cccc(C)c1)CC(C)(C)CN. The largest absolute Gasteiger partial charge is 0.494 e. The van der Waals surface area contributed by atoms with Crippen LogP contribution < -0.4 is 10.5 Å². The van der Waals surface area contributed by atoms with Crippen molar-refractivity contribution in [3.8, 4) is 5.75 Å². The zero-order valence-corrected chi connectivity index (χ0v) is 14.2. The van der Waals surface area contributed by atoms with E-state index in [9.17, 15) is 0 Å². The van der Waals surface area contributed by atoms with E-state index in [-0.39, 0.29) is 5.41 Å². The van der Waals surface area contributed by atoms with Crippen molar-refractivity contribution in [1.29, 1.82) is 0 Å². The molecule has 1 aromatic rings. The summed E-state index contributed by atoms with van der Waals surface area (Å²) in [5.74, 6) is 0.972. The van der Waals surface area contributed by atoms with E-state index in [2.05, 4.69) is 44.7 Å². The van der Waals surface area contributed by atoms with Gasteiger partial charge in [0.05, 0.1) is 6.61 Å². The standard InChI is InChI=1S/C18H32N2O/c1-5-10-20(15-18(3,4)14-19)11-7-12-21-17-9-6-8-16(2)13-17/h6,8-9,13H,5,7,10-12,14-15,19H2,1-4H3. The van der Waals surface area contributed by atoms with Crippen LogP contribution in [0.1, 0.15) is 39.2 Å². The van der Waals surface area contributed by atoms with Crippen LogP contribution >= 0.6 is 0 Å². The summed E-state index contributed by atoms with van der Waals surface area (Å²) >= 11 is 0. The van der Waals surface area contributed by atoms with Gasteiger partial charge < -0.3 is 15.4 Å². The molecule has 0 aromatic heterocycles. The summed E-state index contributed by atoms with van der Waals surface area (Å²) in [6.45, 7) is 13.5. The van der Waals surface area contributed by atoms with Crippen molar-refractivity contribution in [2.75, 3.05) is 32.8 Å². The van der Waals surface area contributed by atoms with Gasteiger partial charge in [0, 0.05) is 13.1 Å². The first kappa shape index (κ1) is 18.0. The van der Waals surface area contributed by atoms with Crippen LogP contribution in [-0.2, 0) is 0 Å². The van der Waals surface area contributed by atoms with Crippen LogP contribution in [-0.4, -0.2) is 37.7 Å². The highest BCUT2D eigenvalue weighted by molar-refractivity contribution is 5.27. The van der Waals surface area contributed by atoms with Crippen LogP contribution in [0, 0.1) is 12.3 Å². The van der Waals surface area contributed by atoms with E-state index >= 15 is 0 Å². The Morgan fingerprint density at radius 3 is 2.62 bits per heavy atom. The van der Waals surface area contributed by atoms with Gasteiger partial charge in [0.15, 0.2) is 0 Å². The van der Waals surface area contributed by atoms with E-state index in [0.29, 0.717) is 0 Å². The Labute approximate surface area is 130 Å². The molecule has 0 aliphatic heterocycles. The Hall–Kier alpha value is -1.06. The second kappa shape index (κ2) is 9.06. The lowest BCUT2D eigenvalue weighted by Crippen LogP contribution is -2.39. The first-order valence-corrected chi connectivity index (χ1v) is 8.09. The molecule has 0 heterocycles. The number of nitrogens with zero attached hydrogens (tertiary/aromatic N) is 1. The Morgan fingerprint density at radius 2 is 2.00 bits per heavy atom. The summed E-state index contributed by atoms with van der Waals surface area (Å²) in [6.07, 6.45) is 2.23. The van der Waals surface area contributed by atoms with Crippen molar-refractivity contribution in [3.05, 3.63) is 29.8 Å². The Balaban J connectivity index is 2.33. The number of benzene rings is 1. The molecule has 3 heteroatoms. The molecule has 0 aliphatic rings. The van der Waals surface area contributed by atoms with Gasteiger partial charge in [-0.3, -0.25) is 0 Å². The minimum absolute atomic E-state index is 0.187. The third-order valence-corrected chi connectivity index (χ3v) is 3.62. The molecule has 0 aliphatic carbocycles. The molecule has 1 rings (SSSR count). The molecule has 3 nitrogen and oxygen atoms in total. The van der Waals surface area contributed by atoms with Crippen LogP contribution in [0.2, 0.25) is 0 Å². The van der Waals surface area contributed by atoms with E-state index < -0.39 is 0 Å². The van der Waals surface area contributed by atoms with Crippen molar-refractivity contribution >= 4 is 0 Å². The van der Waals surface area contributed by atoms with Crippen LogP contribution in [0.15, 0.2) is 24.3 Å². The molecular weight excluding hydrogens is 260 g/mol. The van der Waals surface area contributed by atoms with Crippen LogP contribution in [0.5, 0.6) is 5.75 Å². The Kier molecular flexibility index (Phi) is 7.76. The highest BCUT2D eigenvalue weighted by atomic mass is 16.5. The number of aryl methyl sites for hydroxylation is 1. The first-order valence-electron chi connectivity index (χ1n) is 8.09. The molecule has 21 heavy (non-hydrogen) atoms. The fourth-order valence-corrected chi connectivity index (χ4v) is 2.44. The predicted octanol–water partition coefficient (Wildman–Crippen LogP) is 3.46. The topological polar surface area (TPSA) is 38.5 Å². The highest BCUT2D eigenvalue weighted by Crippen LogP contribution is 2.16. The van der Waals surface area contributed by atoms with Gasteiger partial charge in [-0.05, 0) is 56.0 Å². The molecule has 0 spiro atoms. The maximum atomic E-state index is 5.84. The molecular formula is C18H32N2O. The lowest BCUT2D eigenvalue weighted by atomic mass is 9.93. The van der Waals surface area contributed by atoms with Crippen molar-refractivity contribution in [1.82, 2.24) is 4.90 Å². The molecule has 1 aromatic carbocycles. The van der Waals surface area contributed by atoms with Gasteiger partial charge in [0.25, 0.3) is 0 Å². The number of rotatable bonds is 10. The van der Waals surface area contributed by atoms with Gasteiger partial charge in [-0.1, -0.05) is 32.9 Å². The minimum atomic E-state index is 0.187. The molecule has 0 unspecified atom stereocenters. The number of ether oxygens (including phenoxy) is 1. The van der Waals surface area contributed by atoms with E-state index in [1.165, 1.54) is 12.0 Å². The van der Waals surface area contributed by atoms with Crippen molar-refractivity contribution in [3.63, 3.8) is 0 Å². The molecule has 0 saturated carbocycles. The second-order valence-electron chi connectivity index (χ2n) is 6.66. The van der Waals surface area contributed by atoms with Crippen molar-refractivity contribution in [2.24, 2.45) is 11.1 Å². The molecule has 0 saturated heterocycles. The zero-order chi connectivity index (χ0) is 15.7. The summed E-state index contributed by atoms with van der Waals surface area (Å²) < 4.78 is 5.82. The monoisotopic (exact) mass is 292 g/mol. The van der Waals surface area contributed by atoms with Gasteiger partial charge >= 0.3 is 0 Å². The lowest BCUT2D eigenvalue weighted by Gasteiger charge is -2.31. The van der Waals surface area contributed by atoms with E-state index in [1.807, 2.05) is 12.1 Å². The molecule has 0 fully saturated rings. The second-order valence-corrected chi connectivity index (χ2v) is 6.66. The van der Waals surface area contributed by atoms with Crippen LogP contribution in [0.25, 0.3) is 0 Å². The maximum Gasteiger partial charge on any atom is 0.119 e. The van der Waals surface area contributed by atoms with E-state index in [1.54, 1.807) is 0 Å². The van der Waals surface area contributed by atoms with Gasteiger partial charge in [0.1, 0.15) is 5.75 Å². The average Bonchev–Trinajstić information content (AvgIpc) is 2.43. The Bertz CT molecular complexity index is 404. The van der Waals surface area contributed by atoms with Gasteiger partial charge in [-0.15, -0.1) is 0 Å². The molecule has 0 bridgehead atoms.